The standard InChI is InChI=1S/C18H10Cl2N2/c19-9-4-5-10-11-6-7-12-16-13(20)2-1-3-14(16)21-18(12)17(11)22-15(10)8-9/h1-8,21-22H. The van der Waals surface area contributed by atoms with Crippen molar-refractivity contribution in [1.29, 1.82) is 0 Å². The topological polar surface area (TPSA) is 31.6 Å². The maximum atomic E-state index is 6.38. The molecule has 2 nitrogen and oxygen atoms in total. The van der Waals surface area contributed by atoms with E-state index in [2.05, 4.69) is 28.2 Å². The van der Waals surface area contributed by atoms with Gasteiger partial charge in [0, 0.05) is 37.6 Å². The van der Waals surface area contributed by atoms with Gasteiger partial charge in [-0.25, -0.2) is 0 Å². The summed E-state index contributed by atoms with van der Waals surface area (Å²) in [4.78, 5) is 6.97. The summed E-state index contributed by atoms with van der Waals surface area (Å²) in [5.41, 5.74) is 4.25. The molecule has 0 radical (unpaired) electrons. The third-order valence-corrected chi connectivity index (χ3v) is 4.83. The van der Waals surface area contributed by atoms with Gasteiger partial charge in [-0.05, 0) is 24.3 Å². The highest BCUT2D eigenvalue weighted by Crippen LogP contribution is 2.37. The normalized spacial score (nSPS) is 12.1. The van der Waals surface area contributed by atoms with Gasteiger partial charge in [-0.2, -0.15) is 0 Å². The predicted molar refractivity (Wildman–Crippen MR) is 95.2 cm³/mol. The van der Waals surface area contributed by atoms with Crippen LogP contribution in [0.2, 0.25) is 10.0 Å². The number of aromatic nitrogens is 2. The molecule has 2 aromatic heterocycles. The number of aromatic amines is 2. The molecule has 5 aromatic rings. The zero-order valence-electron chi connectivity index (χ0n) is 11.4. The van der Waals surface area contributed by atoms with E-state index in [1.807, 2.05) is 30.3 Å². The summed E-state index contributed by atoms with van der Waals surface area (Å²) in [6.07, 6.45) is 0. The Morgan fingerprint density at radius 3 is 2.32 bits per heavy atom. The van der Waals surface area contributed by atoms with Crippen molar-refractivity contribution in [1.82, 2.24) is 9.97 Å². The fraction of sp³-hybridized carbons (Fsp3) is 0. The van der Waals surface area contributed by atoms with Crippen LogP contribution in [0.5, 0.6) is 0 Å². The van der Waals surface area contributed by atoms with Crippen molar-refractivity contribution >= 4 is 66.8 Å². The Morgan fingerprint density at radius 1 is 0.682 bits per heavy atom. The molecule has 4 heteroatoms. The first-order chi connectivity index (χ1) is 10.7. The summed E-state index contributed by atoms with van der Waals surface area (Å²) in [7, 11) is 0. The van der Waals surface area contributed by atoms with E-state index in [-0.39, 0.29) is 0 Å². The average Bonchev–Trinajstić information content (AvgIpc) is 3.04. The van der Waals surface area contributed by atoms with Gasteiger partial charge in [0.1, 0.15) is 0 Å². The van der Waals surface area contributed by atoms with Crippen molar-refractivity contribution in [2.75, 3.05) is 0 Å². The summed E-state index contributed by atoms with van der Waals surface area (Å²) in [5, 5.41) is 6.05. The summed E-state index contributed by atoms with van der Waals surface area (Å²) in [6, 6.07) is 16.1. The van der Waals surface area contributed by atoms with Gasteiger partial charge in [-0.15, -0.1) is 0 Å². The molecule has 0 amide bonds. The van der Waals surface area contributed by atoms with Crippen molar-refractivity contribution in [3.05, 3.63) is 58.6 Å². The Morgan fingerprint density at radius 2 is 1.41 bits per heavy atom. The summed E-state index contributed by atoms with van der Waals surface area (Å²) in [6.45, 7) is 0. The van der Waals surface area contributed by atoms with Gasteiger partial charge in [0.2, 0.25) is 0 Å². The van der Waals surface area contributed by atoms with E-state index in [4.69, 9.17) is 23.2 Å². The lowest BCUT2D eigenvalue weighted by Gasteiger charge is -1.95. The fourth-order valence-corrected chi connectivity index (χ4v) is 3.77. The molecular formula is C18H10Cl2N2. The molecule has 0 unspecified atom stereocenters. The zero-order chi connectivity index (χ0) is 14.8. The minimum absolute atomic E-state index is 0.731. The molecule has 5 rings (SSSR count). The summed E-state index contributed by atoms with van der Waals surface area (Å²) >= 11 is 12.5. The first kappa shape index (κ1) is 12.4. The van der Waals surface area contributed by atoms with E-state index in [9.17, 15) is 0 Å². The number of benzene rings is 3. The molecule has 2 heterocycles. The lowest BCUT2D eigenvalue weighted by atomic mass is 10.1. The smallest absolute Gasteiger partial charge is 0.0711 e. The fourth-order valence-electron chi connectivity index (χ4n) is 3.32. The maximum Gasteiger partial charge on any atom is 0.0711 e. The molecule has 106 valence electrons. The number of H-pyrrole nitrogens is 2. The van der Waals surface area contributed by atoms with Gasteiger partial charge in [0.15, 0.2) is 0 Å². The minimum Gasteiger partial charge on any atom is -0.353 e. The molecule has 0 atom stereocenters. The monoisotopic (exact) mass is 324 g/mol. The molecule has 0 aliphatic heterocycles. The van der Waals surface area contributed by atoms with E-state index < -0.39 is 0 Å². The Hall–Kier alpha value is -2.16. The van der Waals surface area contributed by atoms with Crippen molar-refractivity contribution < 1.29 is 0 Å². The largest absolute Gasteiger partial charge is 0.353 e. The lowest BCUT2D eigenvalue weighted by molar-refractivity contribution is 1.51. The SMILES string of the molecule is Clc1ccc2c(c1)[nH]c1c2ccc2c1[nH]c1cccc(Cl)c12. The van der Waals surface area contributed by atoms with Crippen molar-refractivity contribution in [3.8, 4) is 0 Å². The molecule has 0 saturated carbocycles. The molecule has 0 aliphatic rings. The van der Waals surface area contributed by atoms with Crippen LogP contribution in [0.4, 0.5) is 0 Å². The average molecular weight is 325 g/mol. The predicted octanol–water partition coefficient (Wildman–Crippen LogP) is 6.26. The highest BCUT2D eigenvalue weighted by atomic mass is 35.5. The molecular weight excluding hydrogens is 315 g/mol. The second kappa shape index (κ2) is 4.19. The quantitative estimate of drug-likeness (QED) is 0.337. The van der Waals surface area contributed by atoms with E-state index in [1.165, 1.54) is 10.8 Å². The van der Waals surface area contributed by atoms with Gasteiger partial charge in [-0.3, -0.25) is 0 Å². The zero-order valence-corrected chi connectivity index (χ0v) is 12.9. The second-order valence-electron chi connectivity index (χ2n) is 5.51. The van der Waals surface area contributed by atoms with Gasteiger partial charge >= 0.3 is 0 Å². The summed E-state index contributed by atoms with van der Waals surface area (Å²) < 4.78 is 0. The molecule has 22 heavy (non-hydrogen) atoms. The van der Waals surface area contributed by atoms with E-state index in [1.54, 1.807) is 0 Å². The highest BCUT2D eigenvalue weighted by Gasteiger charge is 2.13. The Labute approximate surface area is 135 Å². The first-order valence-corrected chi connectivity index (χ1v) is 7.78. The van der Waals surface area contributed by atoms with E-state index in [0.29, 0.717) is 0 Å². The van der Waals surface area contributed by atoms with E-state index >= 15 is 0 Å². The van der Waals surface area contributed by atoms with Crippen molar-refractivity contribution in [2.45, 2.75) is 0 Å². The van der Waals surface area contributed by atoms with Gasteiger partial charge in [-0.1, -0.05) is 47.5 Å². The van der Waals surface area contributed by atoms with Crippen LogP contribution in [0.1, 0.15) is 0 Å². The molecule has 0 bridgehead atoms. The van der Waals surface area contributed by atoms with Crippen molar-refractivity contribution in [3.63, 3.8) is 0 Å². The van der Waals surface area contributed by atoms with Gasteiger partial charge < -0.3 is 9.97 Å². The van der Waals surface area contributed by atoms with Crippen molar-refractivity contribution in [2.24, 2.45) is 0 Å². The second-order valence-corrected chi connectivity index (χ2v) is 6.36. The van der Waals surface area contributed by atoms with Gasteiger partial charge in [0.05, 0.1) is 16.1 Å². The van der Waals surface area contributed by atoms with Crippen LogP contribution in [0, 0.1) is 0 Å². The van der Waals surface area contributed by atoms with E-state index in [0.717, 1.165) is 42.9 Å². The number of rotatable bonds is 0. The maximum absolute atomic E-state index is 6.38. The van der Waals surface area contributed by atoms with Crippen LogP contribution in [0.15, 0.2) is 48.5 Å². The molecule has 0 saturated heterocycles. The molecule has 0 aliphatic carbocycles. The number of hydrogen-bond donors (Lipinski definition) is 2. The Kier molecular flexibility index (Phi) is 2.36. The third kappa shape index (κ3) is 1.51. The highest BCUT2D eigenvalue weighted by molar-refractivity contribution is 6.38. The molecule has 3 aromatic carbocycles. The number of nitrogens with one attached hydrogen (secondary N) is 2. The van der Waals surface area contributed by atoms with Crippen LogP contribution in [-0.4, -0.2) is 9.97 Å². The number of halogens is 2. The number of hydrogen-bond acceptors (Lipinski definition) is 0. The van der Waals surface area contributed by atoms with Crippen LogP contribution in [0.25, 0.3) is 43.6 Å². The third-order valence-electron chi connectivity index (χ3n) is 4.28. The molecule has 2 N–H and O–H groups in total. The Bertz CT molecular complexity index is 1200. The van der Waals surface area contributed by atoms with Crippen LogP contribution < -0.4 is 0 Å². The molecule has 0 fully saturated rings. The minimum atomic E-state index is 0.731. The van der Waals surface area contributed by atoms with Crippen LogP contribution >= 0.6 is 23.2 Å². The van der Waals surface area contributed by atoms with Crippen LogP contribution in [0.3, 0.4) is 0 Å². The Balaban J connectivity index is 2.05. The molecule has 0 spiro atoms. The van der Waals surface area contributed by atoms with Gasteiger partial charge in [0.25, 0.3) is 0 Å². The summed E-state index contributed by atoms with van der Waals surface area (Å²) in [5.74, 6) is 0. The first-order valence-electron chi connectivity index (χ1n) is 7.02. The lowest BCUT2D eigenvalue weighted by Crippen LogP contribution is -1.72. The van der Waals surface area contributed by atoms with Crippen LogP contribution in [-0.2, 0) is 0 Å². The number of fused-ring (bicyclic) bond motifs is 7.